The van der Waals surface area contributed by atoms with Crippen molar-refractivity contribution >= 4 is 52.2 Å². The fourth-order valence-corrected chi connectivity index (χ4v) is 4.28. The molecule has 8 nitrogen and oxygen atoms in total. The summed E-state index contributed by atoms with van der Waals surface area (Å²) in [5.74, 6) is -1.34. The van der Waals surface area contributed by atoms with E-state index in [-0.39, 0.29) is 29.4 Å². The van der Waals surface area contributed by atoms with E-state index in [0.29, 0.717) is 32.8 Å². The van der Waals surface area contributed by atoms with E-state index in [1.165, 1.54) is 36.4 Å². The number of nitrogens with zero attached hydrogens (tertiary/aromatic N) is 1. The highest BCUT2D eigenvalue weighted by Gasteiger charge is 2.36. The number of imide groups is 2. The maximum Gasteiger partial charge on any atom is 0.335 e. The number of ether oxygens (including phenoxy) is 2. The van der Waals surface area contributed by atoms with Crippen LogP contribution >= 0.6 is 22.6 Å². The molecule has 10 heteroatoms. The van der Waals surface area contributed by atoms with Gasteiger partial charge in [0, 0.05) is 5.56 Å². The molecular formula is C26H20FIN2O6. The van der Waals surface area contributed by atoms with Crippen LogP contribution in [0.2, 0.25) is 0 Å². The van der Waals surface area contributed by atoms with Crippen molar-refractivity contribution in [3.63, 3.8) is 0 Å². The minimum atomic E-state index is -0.894. The SMILES string of the molecule is CCOc1cc(/C=C2\C(=O)NC(=O)N(c3ccc(O)cc3)C2=O)cc(I)c1OCc1ccccc1F. The van der Waals surface area contributed by atoms with Gasteiger partial charge in [-0.2, -0.15) is 0 Å². The first-order chi connectivity index (χ1) is 17.3. The molecule has 1 aliphatic heterocycles. The van der Waals surface area contributed by atoms with Crippen molar-refractivity contribution in [1.29, 1.82) is 0 Å². The van der Waals surface area contributed by atoms with Crippen molar-refractivity contribution in [2.24, 2.45) is 0 Å². The molecule has 36 heavy (non-hydrogen) atoms. The highest BCUT2D eigenvalue weighted by Crippen LogP contribution is 2.36. The number of halogens is 2. The van der Waals surface area contributed by atoms with E-state index in [9.17, 15) is 23.9 Å². The monoisotopic (exact) mass is 602 g/mol. The van der Waals surface area contributed by atoms with Crippen molar-refractivity contribution in [3.8, 4) is 17.2 Å². The molecule has 1 fully saturated rings. The van der Waals surface area contributed by atoms with Crippen molar-refractivity contribution < 1.29 is 33.4 Å². The Bertz CT molecular complexity index is 1370. The van der Waals surface area contributed by atoms with Gasteiger partial charge in [-0.15, -0.1) is 0 Å². The number of phenols is 1. The van der Waals surface area contributed by atoms with Crippen LogP contribution in [0.3, 0.4) is 0 Å². The van der Waals surface area contributed by atoms with Crippen LogP contribution in [-0.2, 0) is 16.2 Å². The zero-order valence-corrected chi connectivity index (χ0v) is 21.1. The predicted octanol–water partition coefficient (Wildman–Crippen LogP) is 4.78. The van der Waals surface area contributed by atoms with Gasteiger partial charge in [-0.05, 0) is 83.6 Å². The van der Waals surface area contributed by atoms with Crippen LogP contribution in [0.25, 0.3) is 6.08 Å². The second-order valence-electron chi connectivity index (χ2n) is 7.62. The van der Waals surface area contributed by atoms with E-state index >= 15 is 0 Å². The fourth-order valence-electron chi connectivity index (χ4n) is 3.50. The molecule has 0 radical (unpaired) electrons. The lowest BCUT2D eigenvalue weighted by Gasteiger charge is -2.26. The average Bonchev–Trinajstić information content (AvgIpc) is 2.83. The van der Waals surface area contributed by atoms with E-state index < -0.39 is 17.8 Å². The van der Waals surface area contributed by atoms with E-state index in [1.807, 2.05) is 22.6 Å². The highest BCUT2D eigenvalue weighted by molar-refractivity contribution is 14.1. The van der Waals surface area contributed by atoms with Gasteiger partial charge in [0.2, 0.25) is 0 Å². The van der Waals surface area contributed by atoms with Gasteiger partial charge >= 0.3 is 6.03 Å². The van der Waals surface area contributed by atoms with E-state index in [0.717, 1.165) is 4.90 Å². The predicted molar refractivity (Wildman–Crippen MR) is 138 cm³/mol. The number of phenolic OH excluding ortho intramolecular Hbond substituents is 1. The third-order valence-corrected chi connectivity index (χ3v) is 5.98. The first-order valence-electron chi connectivity index (χ1n) is 10.8. The Labute approximate surface area is 219 Å². The van der Waals surface area contributed by atoms with Crippen molar-refractivity contribution in [1.82, 2.24) is 5.32 Å². The third kappa shape index (κ3) is 5.33. The topological polar surface area (TPSA) is 105 Å². The number of aromatic hydroxyl groups is 1. The van der Waals surface area contributed by atoms with Crippen LogP contribution in [0.1, 0.15) is 18.1 Å². The molecule has 0 atom stereocenters. The molecule has 1 saturated heterocycles. The summed E-state index contributed by atoms with van der Waals surface area (Å²) in [6, 6.07) is 14.1. The standard InChI is InChI=1S/C26H20FIN2O6/c1-2-35-22-13-15(12-21(28)23(22)36-14-16-5-3-4-6-20(16)27)11-19-24(32)29-26(34)30(25(19)33)17-7-9-18(31)10-8-17/h3-13,31H,2,14H2,1H3,(H,29,32,34)/b19-11+. The number of carbonyl (C=O) groups is 3. The highest BCUT2D eigenvalue weighted by atomic mass is 127. The minimum absolute atomic E-state index is 0.0201. The molecule has 0 bridgehead atoms. The van der Waals surface area contributed by atoms with Gasteiger partial charge in [0.05, 0.1) is 15.9 Å². The van der Waals surface area contributed by atoms with Crippen LogP contribution < -0.4 is 19.7 Å². The Morgan fingerprint density at radius 2 is 1.78 bits per heavy atom. The summed E-state index contributed by atoms with van der Waals surface area (Å²) >= 11 is 2.03. The zero-order chi connectivity index (χ0) is 25.8. The van der Waals surface area contributed by atoms with Gasteiger partial charge in [0.25, 0.3) is 11.8 Å². The van der Waals surface area contributed by atoms with Gasteiger partial charge < -0.3 is 14.6 Å². The fraction of sp³-hybridized carbons (Fsp3) is 0.115. The summed E-state index contributed by atoms with van der Waals surface area (Å²) in [5.41, 5.74) is 0.765. The van der Waals surface area contributed by atoms with E-state index in [1.54, 1.807) is 37.3 Å². The second kappa shape index (κ2) is 10.8. The molecule has 1 aliphatic rings. The molecule has 4 rings (SSSR count). The summed E-state index contributed by atoms with van der Waals surface area (Å²) in [5, 5.41) is 11.7. The summed E-state index contributed by atoms with van der Waals surface area (Å²) in [6.45, 7) is 2.08. The van der Waals surface area contributed by atoms with Crippen LogP contribution in [0, 0.1) is 9.39 Å². The maximum absolute atomic E-state index is 14.0. The lowest BCUT2D eigenvalue weighted by molar-refractivity contribution is -0.122. The van der Waals surface area contributed by atoms with Crippen LogP contribution in [-0.4, -0.2) is 29.6 Å². The van der Waals surface area contributed by atoms with Gasteiger partial charge in [-0.25, -0.2) is 14.1 Å². The number of benzene rings is 3. The summed E-state index contributed by atoms with van der Waals surface area (Å²) in [7, 11) is 0. The van der Waals surface area contributed by atoms with Crippen molar-refractivity contribution in [2.75, 3.05) is 11.5 Å². The number of carbonyl (C=O) groups excluding carboxylic acids is 3. The van der Waals surface area contributed by atoms with Gasteiger partial charge in [-0.3, -0.25) is 14.9 Å². The van der Waals surface area contributed by atoms with Gasteiger partial charge in [0.15, 0.2) is 11.5 Å². The summed E-state index contributed by atoms with van der Waals surface area (Å²) in [6.07, 6.45) is 1.35. The Hall–Kier alpha value is -3.93. The molecule has 0 aliphatic carbocycles. The number of amides is 4. The lowest BCUT2D eigenvalue weighted by Crippen LogP contribution is -2.54. The van der Waals surface area contributed by atoms with Crippen LogP contribution in [0.5, 0.6) is 17.2 Å². The Morgan fingerprint density at radius 3 is 2.47 bits per heavy atom. The number of urea groups is 1. The Morgan fingerprint density at radius 1 is 1.06 bits per heavy atom. The summed E-state index contributed by atoms with van der Waals surface area (Å²) < 4.78 is 26.2. The van der Waals surface area contributed by atoms with Gasteiger partial charge in [-0.1, -0.05) is 18.2 Å². The Kier molecular flexibility index (Phi) is 7.53. The molecule has 4 amide bonds. The molecule has 0 saturated carbocycles. The number of rotatable bonds is 7. The Balaban J connectivity index is 1.66. The zero-order valence-electron chi connectivity index (χ0n) is 19.0. The quantitative estimate of drug-likeness (QED) is 0.229. The van der Waals surface area contributed by atoms with Crippen molar-refractivity contribution in [3.05, 3.63) is 86.8 Å². The number of anilines is 1. The smallest absolute Gasteiger partial charge is 0.335 e. The largest absolute Gasteiger partial charge is 0.508 e. The maximum atomic E-state index is 14.0. The number of barbiturate groups is 1. The number of nitrogens with one attached hydrogen (secondary N) is 1. The number of hydrogen-bond acceptors (Lipinski definition) is 6. The van der Waals surface area contributed by atoms with E-state index in [2.05, 4.69) is 5.32 Å². The molecule has 0 aromatic heterocycles. The molecule has 3 aromatic carbocycles. The van der Waals surface area contributed by atoms with Crippen LogP contribution in [0.4, 0.5) is 14.9 Å². The minimum Gasteiger partial charge on any atom is -0.508 e. The normalized spacial score (nSPS) is 14.7. The van der Waals surface area contributed by atoms with E-state index in [4.69, 9.17) is 9.47 Å². The van der Waals surface area contributed by atoms with Gasteiger partial charge in [0.1, 0.15) is 23.7 Å². The average molecular weight is 602 g/mol. The molecule has 184 valence electrons. The van der Waals surface area contributed by atoms with Crippen molar-refractivity contribution in [2.45, 2.75) is 13.5 Å². The molecule has 3 aromatic rings. The second-order valence-corrected chi connectivity index (χ2v) is 8.78. The lowest BCUT2D eigenvalue weighted by atomic mass is 10.1. The first-order valence-corrected chi connectivity index (χ1v) is 11.9. The van der Waals surface area contributed by atoms with Crippen LogP contribution in [0.15, 0.2) is 66.2 Å². The molecule has 0 spiro atoms. The molecular weight excluding hydrogens is 582 g/mol. The summed E-state index contributed by atoms with van der Waals surface area (Å²) in [4.78, 5) is 38.8. The molecule has 2 N–H and O–H groups in total. The molecule has 1 heterocycles. The third-order valence-electron chi connectivity index (χ3n) is 5.18. The first kappa shape index (κ1) is 25.2. The molecule has 0 unspecified atom stereocenters. The number of hydrogen-bond donors (Lipinski definition) is 2.